The van der Waals surface area contributed by atoms with Crippen LogP contribution in [0.4, 0.5) is 0 Å². The molecule has 0 bridgehead atoms. The highest BCUT2D eigenvalue weighted by Gasteiger charge is 2.26. The van der Waals surface area contributed by atoms with E-state index >= 15 is 0 Å². The summed E-state index contributed by atoms with van der Waals surface area (Å²) >= 11 is 0. The lowest BCUT2D eigenvalue weighted by Gasteiger charge is -2.31. The largest absolute Gasteiger partial charge is 0.334 e. The molecule has 0 aliphatic carbocycles. The highest BCUT2D eigenvalue weighted by atomic mass is 31.2. The van der Waals surface area contributed by atoms with Crippen molar-refractivity contribution in [3.8, 4) is 0 Å². The second-order valence-corrected chi connectivity index (χ2v) is 4.55. The Morgan fingerprint density at radius 1 is 1.09 bits per heavy atom. The third-order valence-corrected chi connectivity index (χ3v) is 2.26. The normalized spacial score (nSPS) is 23.7. The second-order valence-electron chi connectivity index (χ2n) is 3.15. The van der Waals surface area contributed by atoms with Crippen LogP contribution < -0.4 is 0 Å². The van der Waals surface area contributed by atoms with Crippen LogP contribution >= 0.6 is 8.38 Å². The molecule has 3 heteroatoms. The third-order valence-electron chi connectivity index (χ3n) is 1.27. The molecule has 68 valence electrons. The second kappa shape index (κ2) is 5.08. The Kier molecular flexibility index (Phi) is 5.24. The van der Waals surface area contributed by atoms with Crippen molar-refractivity contribution in [2.24, 2.45) is 5.41 Å². The van der Waals surface area contributed by atoms with Crippen molar-refractivity contribution in [3.05, 3.63) is 0 Å². The lowest BCUT2D eigenvalue weighted by atomic mass is 9.97. The summed E-state index contributed by atoms with van der Waals surface area (Å²) in [4.78, 5) is 0. The highest BCUT2D eigenvalue weighted by molar-refractivity contribution is 7.46. The predicted octanol–water partition coefficient (Wildman–Crippen LogP) is 3.03. The molecule has 0 N–H and O–H groups in total. The van der Waals surface area contributed by atoms with E-state index in [0.717, 1.165) is 13.2 Å². The molecule has 11 heavy (non-hydrogen) atoms. The van der Waals surface area contributed by atoms with Crippen molar-refractivity contribution >= 4 is 8.38 Å². The van der Waals surface area contributed by atoms with Crippen LogP contribution in [0.5, 0.6) is 0 Å². The summed E-state index contributed by atoms with van der Waals surface area (Å²) in [6.45, 7) is 12.0. The van der Waals surface area contributed by atoms with Crippen LogP contribution in [0.3, 0.4) is 0 Å². The maximum Gasteiger partial charge on any atom is 0.167 e. The van der Waals surface area contributed by atoms with Crippen LogP contribution in [0.2, 0.25) is 0 Å². The van der Waals surface area contributed by atoms with E-state index in [1.54, 1.807) is 0 Å². The van der Waals surface area contributed by atoms with Gasteiger partial charge in [-0.05, 0) is 0 Å². The lowest BCUT2D eigenvalue weighted by molar-refractivity contribution is 0.0637. The molecular formula is C8H19O2P. The fourth-order valence-corrected chi connectivity index (χ4v) is 1.75. The van der Waals surface area contributed by atoms with E-state index < -0.39 is 8.38 Å². The number of hydrogen-bond acceptors (Lipinski definition) is 2. The molecule has 0 saturated carbocycles. The van der Waals surface area contributed by atoms with Crippen LogP contribution in [-0.4, -0.2) is 19.9 Å². The number of hydrogen-bond donors (Lipinski definition) is 0. The number of rotatable bonds is 0. The summed E-state index contributed by atoms with van der Waals surface area (Å²) in [6, 6.07) is 0. The first-order valence-electron chi connectivity index (χ1n) is 4.10. The predicted molar refractivity (Wildman–Crippen MR) is 49.9 cm³/mol. The monoisotopic (exact) mass is 178 g/mol. The minimum absolute atomic E-state index is 0.231. The molecule has 1 fully saturated rings. The molecule has 0 radical (unpaired) electrons. The SMILES string of the molecule is CC.CP1OCC(C)(C)CO1. The Morgan fingerprint density at radius 2 is 1.45 bits per heavy atom. The maximum atomic E-state index is 5.34. The van der Waals surface area contributed by atoms with E-state index in [9.17, 15) is 0 Å². The molecule has 1 heterocycles. The van der Waals surface area contributed by atoms with E-state index in [0.29, 0.717) is 0 Å². The minimum Gasteiger partial charge on any atom is -0.334 e. The van der Waals surface area contributed by atoms with Gasteiger partial charge in [-0.2, -0.15) is 0 Å². The molecule has 0 amide bonds. The zero-order chi connectivity index (χ0) is 8.91. The van der Waals surface area contributed by atoms with Gasteiger partial charge in [0.1, 0.15) is 0 Å². The average molecular weight is 178 g/mol. The lowest BCUT2D eigenvalue weighted by Crippen LogP contribution is -2.27. The van der Waals surface area contributed by atoms with E-state index in [-0.39, 0.29) is 5.41 Å². The summed E-state index contributed by atoms with van der Waals surface area (Å²) < 4.78 is 10.7. The van der Waals surface area contributed by atoms with Gasteiger partial charge in [-0.25, -0.2) is 0 Å². The van der Waals surface area contributed by atoms with Gasteiger partial charge in [0.2, 0.25) is 0 Å². The molecule has 0 unspecified atom stereocenters. The van der Waals surface area contributed by atoms with Gasteiger partial charge < -0.3 is 9.05 Å². The minimum atomic E-state index is -0.550. The van der Waals surface area contributed by atoms with Crippen molar-refractivity contribution in [1.82, 2.24) is 0 Å². The molecule has 1 rings (SSSR count). The Morgan fingerprint density at radius 3 is 1.73 bits per heavy atom. The molecular weight excluding hydrogens is 159 g/mol. The van der Waals surface area contributed by atoms with E-state index in [4.69, 9.17) is 9.05 Å². The van der Waals surface area contributed by atoms with E-state index in [2.05, 4.69) is 13.8 Å². The fraction of sp³-hybridized carbons (Fsp3) is 1.00. The molecule has 0 atom stereocenters. The molecule has 2 nitrogen and oxygen atoms in total. The van der Waals surface area contributed by atoms with Crippen molar-refractivity contribution < 1.29 is 9.05 Å². The first kappa shape index (κ1) is 11.4. The van der Waals surface area contributed by atoms with Crippen LogP contribution in [0, 0.1) is 5.41 Å². The zero-order valence-electron chi connectivity index (χ0n) is 8.18. The summed E-state index contributed by atoms with van der Waals surface area (Å²) in [5.74, 6) is 0. The van der Waals surface area contributed by atoms with Gasteiger partial charge in [0.15, 0.2) is 8.38 Å². The van der Waals surface area contributed by atoms with Crippen molar-refractivity contribution in [3.63, 3.8) is 0 Å². The molecule has 0 aromatic heterocycles. The molecule has 1 aliphatic rings. The molecule has 0 aromatic rings. The van der Waals surface area contributed by atoms with Gasteiger partial charge in [-0.15, -0.1) is 0 Å². The van der Waals surface area contributed by atoms with Gasteiger partial charge in [-0.1, -0.05) is 27.7 Å². The quantitative estimate of drug-likeness (QED) is 0.531. The van der Waals surface area contributed by atoms with Gasteiger partial charge in [0.25, 0.3) is 0 Å². The Labute approximate surface area is 71.2 Å². The van der Waals surface area contributed by atoms with E-state index in [1.807, 2.05) is 20.5 Å². The van der Waals surface area contributed by atoms with Gasteiger partial charge in [0.05, 0.1) is 13.2 Å². The van der Waals surface area contributed by atoms with Gasteiger partial charge >= 0.3 is 0 Å². The Bertz CT molecular complexity index is 94.3. The maximum absolute atomic E-state index is 5.34. The van der Waals surface area contributed by atoms with Crippen molar-refractivity contribution in [1.29, 1.82) is 0 Å². The van der Waals surface area contributed by atoms with Gasteiger partial charge in [-0.3, -0.25) is 0 Å². The third kappa shape index (κ3) is 4.73. The summed E-state index contributed by atoms with van der Waals surface area (Å²) in [7, 11) is -0.550. The van der Waals surface area contributed by atoms with Crippen LogP contribution in [0.1, 0.15) is 27.7 Å². The molecule has 1 saturated heterocycles. The molecule has 0 aromatic carbocycles. The summed E-state index contributed by atoms with van der Waals surface area (Å²) in [5.41, 5.74) is 0.231. The van der Waals surface area contributed by atoms with E-state index in [1.165, 1.54) is 0 Å². The smallest absolute Gasteiger partial charge is 0.167 e. The van der Waals surface area contributed by atoms with Crippen LogP contribution in [0.25, 0.3) is 0 Å². The zero-order valence-corrected chi connectivity index (χ0v) is 9.07. The Balaban J connectivity index is 0.000000461. The van der Waals surface area contributed by atoms with Gasteiger partial charge in [0, 0.05) is 12.1 Å². The average Bonchev–Trinajstić information content (AvgIpc) is 2.00. The Hall–Kier alpha value is 0.350. The molecule has 1 aliphatic heterocycles. The fourth-order valence-electron chi connectivity index (χ4n) is 0.610. The van der Waals surface area contributed by atoms with Crippen LogP contribution in [-0.2, 0) is 9.05 Å². The summed E-state index contributed by atoms with van der Waals surface area (Å²) in [6.07, 6.45) is 0. The van der Waals surface area contributed by atoms with Crippen LogP contribution in [0.15, 0.2) is 0 Å². The standard InChI is InChI=1S/C6H13O2P.C2H6/c1-6(2)4-7-9(3)8-5-6;1-2/h4-5H2,1-3H3;1-2H3. The van der Waals surface area contributed by atoms with Crippen molar-refractivity contribution in [2.75, 3.05) is 19.9 Å². The van der Waals surface area contributed by atoms with Crippen molar-refractivity contribution in [2.45, 2.75) is 27.7 Å². The topological polar surface area (TPSA) is 18.5 Å². The summed E-state index contributed by atoms with van der Waals surface area (Å²) in [5, 5.41) is 0. The first-order valence-corrected chi connectivity index (χ1v) is 5.72. The highest BCUT2D eigenvalue weighted by Crippen LogP contribution is 2.42. The first-order chi connectivity index (χ1) is 5.10. The molecule has 0 spiro atoms.